The van der Waals surface area contributed by atoms with Crippen molar-refractivity contribution >= 4 is 23.6 Å². The van der Waals surface area contributed by atoms with Crippen molar-refractivity contribution < 1.29 is 14.7 Å². The second-order valence-corrected chi connectivity index (χ2v) is 4.50. The van der Waals surface area contributed by atoms with Crippen LogP contribution in [0.2, 0.25) is 5.02 Å². The molecule has 104 valence electrons. The number of nitrogens with one attached hydrogen (secondary N) is 2. The molecule has 0 aromatic heterocycles. The van der Waals surface area contributed by atoms with Crippen molar-refractivity contribution in [3.8, 4) is 0 Å². The summed E-state index contributed by atoms with van der Waals surface area (Å²) in [7, 11) is 0. The van der Waals surface area contributed by atoms with E-state index in [0.29, 0.717) is 31.0 Å². The number of hydrogen-bond acceptors (Lipinski definition) is 2. The zero-order chi connectivity index (χ0) is 14.1. The van der Waals surface area contributed by atoms with E-state index in [1.807, 2.05) is 18.2 Å². The Labute approximate surface area is 117 Å². The fourth-order valence-corrected chi connectivity index (χ4v) is 1.73. The van der Waals surface area contributed by atoms with Crippen LogP contribution in [0.3, 0.4) is 0 Å². The molecule has 0 saturated heterocycles. The number of carbonyl (C=O) groups is 2. The van der Waals surface area contributed by atoms with Crippen LogP contribution >= 0.6 is 11.6 Å². The number of carbonyl (C=O) groups excluding carboxylic acids is 1. The number of halogens is 1. The molecule has 0 radical (unpaired) electrons. The van der Waals surface area contributed by atoms with Gasteiger partial charge in [-0.1, -0.05) is 23.7 Å². The highest BCUT2D eigenvalue weighted by Gasteiger charge is 2.01. The molecule has 0 atom stereocenters. The largest absolute Gasteiger partial charge is 0.481 e. The van der Waals surface area contributed by atoms with Gasteiger partial charge in [0.1, 0.15) is 0 Å². The van der Waals surface area contributed by atoms with Crippen molar-refractivity contribution in [2.45, 2.75) is 19.3 Å². The van der Waals surface area contributed by atoms with Gasteiger partial charge in [-0.3, -0.25) is 4.79 Å². The van der Waals surface area contributed by atoms with E-state index in [0.717, 1.165) is 5.56 Å². The number of rotatable bonds is 7. The summed E-state index contributed by atoms with van der Waals surface area (Å²) in [5, 5.41) is 14.4. The van der Waals surface area contributed by atoms with Crippen LogP contribution in [0.4, 0.5) is 4.79 Å². The summed E-state index contributed by atoms with van der Waals surface area (Å²) in [5.74, 6) is -0.858. The highest BCUT2D eigenvalue weighted by molar-refractivity contribution is 6.30. The highest BCUT2D eigenvalue weighted by Crippen LogP contribution is 2.10. The Morgan fingerprint density at radius 2 is 1.95 bits per heavy atom. The molecule has 1 aromatic rings. The molecule has 6 heteroatoms. The van der Waals surface area contributed by atoms with Crippen molar-refractivity contribution in [1.82, 2.24) is 10.6 Å². The second kappa shape index (κ2) is 8.37. The Morgan fingerprint density at radius 3 is 2.63 bits per heavy atom. The molecular weight excluding hydrogens is 268 g/mol. The van der Waals surface area contributed by atoms with Gasteiger partial charge >= 0.3 is 12.0 Å². The molecule has 5 nitrogen and oxygen atoms in total. The van der Waals surface area contributed by atoms with Crippen LogP contribution in [-0.2, 0) is 11.2 Å². The number of amides is 2. The average Bonchev–Trinajstić information content (AvgIpc) is 2.34. The Morgan fingerprint density at radius 1 is 1.21 bits per heavy atom. The third-order valence-electron chi connectivity index (χ3n) is 2.44. The van der Waals surface area contributed by atoms with Gasteiger partial charge in [0.05, 0.1) is 0 Å². The molecule has 0 unspecified atom stereocenters. The van der Waals surface area contributed by atoms with Crippen molar-refractivity contribution in [2.75, 3.05) is 13.1 Å². The van der Waals surface area contributed by atoms with Crippen LogP contribution in [0.1, 0.15) is 18.4 Å². The minimum absolute atomic E-state index is 0.0583. The van der Waals surface area contributed by atoms with Gasteiger partial charge in [0.25, 0.3) is 0 Å². The van der Waals surface area contributed by atoms with E-state index in [1.54, 1.807) is 6.07 Å². The molecule has 0 aliphatic heterocycles. The number of benzene rings is 1. The summed E-state index contributed by atoms with van der Waals surface area (Å²) in [4.78, 5) is 21.6. The Kier molecular flexibility index (Phi) is 6.74. The molecule has 0 bridgehead atoms. The topological polar surface area (TPSA) is 78.4 Å². The van der Waals surface area contributed by atoms with Crippen LogP contribution in [0.15, 0.2) is 24.3 Å². The van der Waals surface area contributed by atoms with Crippen molar-refractivity contribution in [2.24, 2.45) is 0 Å². The maximum absolute atomic E-state index is 11.3. The van der Waals surface area contributed by atoms with Gasteiger partial charge in [-0.15, -0.1) is 0 Å². The zero-order valence-electron chi connectivity index (χ0n) is 10.5. The minimum atomic E-state index is -0.858. The number of hydrogen-bond donors (Lipinski definition) is 3. The summed E-state index contributed by atoms with van der Waals surface area (Å²) >= 11 is 5.85. The SMILES string of the molecule is O=C(O)CCCNC(=O)NCCc1cccc(Cl)c1. The molecule has 0 spiro atoms. The second-order valence-electron chi connectivity index (χ2n) is 4.06. The predicted octanol–water partition coefficient (Wildman–Crippen LogP) is 2.05. The number of aliphatic carboxylic acids is 1. The Hall–Kier alpha value is -1.75. The molecular formula is C13H17ClN2O3. The maximum atomic E-state index is 11.3. The van der Waals surface area contributed by atoms with E-state index in [9.17, 15) is 9.59 Å². The van der Waals surface area contributed by atoms with Gasteiger partial charge < -0.3 is 15.7 Å². The van der Waals surface area contributed by atoms with Crippen molar-refractivity contribution in [3.05, 3.63) is 34.9 Å². The first kappa shape index (κ1) is 15.3. The lowest BCUT2D eigenvalue weighted by Crippen LogP contribution is -2.37. The van der Waals surface area contributed by atoms with Gasteiger partial charge in [0.2, 0.25) is 0 Å². The van der Waals surface area contributed by atoms with Crippen molar-refractivity contribution in [3.63, 3.8) is 0 Å². The molecule has 0 aliphatic carbocycles. The van der Waals surface area contributed by atoms with Crippen LogP contribution in [0, 0.1) is 0 Å². The molecule has 0 saturated carbocycles. The predicted molar refractivity (Wildman–Crippen MR) is 73.4 cm³/mol. The maximum Gasteiger partial charge on any atom is 0.314 e. The van der Waals surface area contributed by atoms with Gasteiger partial charge in [0.15, 0.2) is 0 Å². The quantitative estimate of drug-likeness (QED) is 0.671. The van der Waals surface area contributed by atoms with Crippen LogP contribution in [-0.4, -0.2) is 30.2 Å². The van der Waals surface area contributed by atoms with Crippen LogP contribution in [0.5, 0.6) is 0 Å². The van der Waals surface area contributed by atoms with Gasteiger partial charge in [-0.05, 0) is 30.5 Å². The lowest BCUT2D eigenvalue weighted by atomic mass is 10.1. The van der Waals surface area contributed by atoms with E-state index in [-0.39, 0.29) is 12.5 Å². The Bertz CT molecular complexity index is 438. The first-order valence-corrected chi connectivity index (χ1v) is 6.43. The summed E-state index contributed by atoms with van der Waals surface area (Å²) in [6.07, 6.45) is 1.18. The third kappa shape index (κ3) is 7.31. The first-order valence-electron chi connectivity index (χ1n) is 6.06. The molecule has 1 rings (SSSR count). The molecule has 0 aliphatic rings. The first-order chi connectivity index (χ1) is 9.08. The van der Waals surface area contributed by atoms with E-state index in [4.69, 9.17) is 16.7 Å². The normalized spacial score (nSPS) is 9.95. The average molecular weight is 285 g/mol. The number of carboxylic acids is 1. The summed E-state index contributed by atoms with van der Waals surface area (Å²) in [5.41, 5.74) is 1.05. The molecule has 19 heavy (non-hydrogen) atoms. The standard InChI is InChI=1S/C13H17ClN2O3/c14-11-4-1-3-10(9-11)6-8-16-13(19)15-7-2-5-12(17)18/h1,3-4,9H,2,5-8H2,(H,17,18)(H2,15,16,19). The number of carboxylic acid groups (broad SMARTS) is 1. The van der Waals surface area contributed by atoms with Crippen LogP contribution < -0.4 is 10.6 Å². The smallest absolute Gasteiger partial charge is 0.314 e. The lowest BCUT2D eigenvalue weighted by Gasteiger charge is -2.07. The number of urea groups is 1. The lowest BCUT2D eigenvalue weighted by molar-refractivity contribution is -0.137. The molecule has 2 amide bonds. The van der Waals surface area contributed by atoms with Crippen molar-refractivity contribution in [1.29, 1.82) is 0 Å². The van der Waals surface area contributed by atoms with E-state index in [1.165, 1.54) is 0 Å². The zero-order valence-corrected chi connectivity index (χ0v) is 11.2. The summed E-state index contributed by atoms with van der Waals surface area (Å²) < 4.78 is 0. The minimum Gasteiger partial charge on any atom is -0.481 e. The summed E-state index contributed by atoms with van der Waals surface area (Å²) in [6, 6.07) is 7.18. The molecule has 0 heterocycles. The van der Waals surface area contributed by atoms with Gasteiger partial charge in [-0.25, -0.2) is 4.79 Å². The third-order valence-corrected chi connectivity index (χ3v) is 2.68. The van der Waals surface area contributed by atoms with E-state index in [2.05, 4.69) is 10.6 Å². The van der Waals surface area contributed by atoms with Crippen LogP contribution in [0.25, 0.3) is 0 Å². The molecule has 0 fully saturated rings. The summed E-state index contributed by atoms with van der Waals surface area (Å²) in [6.45, 7) is 0.862. The molecule has 3 N–H and O–H groups in total. The highest BCUT2D eigenvalue weighted by atomic mass is 35.5. The van der Waals surface area contributed by atoms with Gasteiger partial charge in [0, 0.05) is 24.5 Å². The molecule has 1 aromatic carbocycles. The fraction of sp³-hybridized carbons (Fsp3) is 0.385. The Balaban J connectivity index is 2.12. The van der Waals surface area contributed by atoms with Gasteiger partial charge in [-0.2, -0.15) is 0 Å². The fourth-order valence-electron chi connectivity index (χ4n) is 1.52. The van der Waals surface area contributed by atoms with E-state index >= 15 is 0 Å². The van der Waals surface area contributed by atoms with E-state index < -0.39 is 5.97 Å². The monoisotopic (exact) mass is 284 g/mol.